The van der Waals surface area contributed by atoms with Crippen LogP contribution in [0.25, 0.3) is 0 Å². The molecule has 0 saturated carbocycles. The van der Waals surface area contributed by atoms with Gasteiger partial charge in [0.1, 0.15) is 5.76 Å². The van der Waals surface area contributed by atoms with Gasteiger partial charge >= 0.3 is 0 Å². The van der Waals surface area contributed by atoms with E-state index < -0.39 is 14.9 Å². The van der Waals surface area contributed by atoms with Crippen LogP contribution in [0.15, 0.2) is 45.9 Å². The summed E-state index contributed by atoms with van der Waals surface area (Å²) in [5, 5.41) is 11.1. The second-order valence-electron chi connectivity index (χ2n) is 5.76. The second kappa shape index (κ2) is 8.43. The van der Waals surface area contributed by atoms with Gasteiger partial charge in [0.2, 0.25) is 10.0 Å². The molecular weight excluding hydrogens is 358 g/mol. The minimum Gasteiger partial charge on any atom is -0.468 e. The summed E-state index contributed by atoms with van der Waals surface area (Å²) < 4.78 is 33.5. The Morgan fingerprint density at radius 3 is 2.46 bits per heavy atom. The summed E-state index contributed by atoms with van der Waals surface area (Å²) in [4.78, 5) is 12.5. The molecule has 1 aromatic carbocycles. The number of likely N-dealkylation sites (N-methyl/N-ethyl adjacent to an activating group) is 1. The molecule has 0 aliphatic heterocycles. The first-order valence-corrected chi connectivity index (χ1v) is 9.81. The lowest BCUT2D eigenvalue weighted by Gasteiger charge is -2.28. The first-order valence-electron chi connectivity index (χ1n) is 8.32. The fourth-order valence-electron chi connectivity index (χ4n) is 2.91. The summed E-state index contributed by atoms with van der Waals surface area (Å²) in [6, 6.07) is 7.31. The summed E-state index contributed by atoms with van der Waals surface area (Å²) in [6.07, 6.45) is 1.55. The smallest absolute Gasteiger partial charge is 0.273 e. The quantitative estimate of drug-likeness (QED) is 0.529. The molecule has 0 fully saturated rings. The molecule has 0 spiro atoms. The fraction of sp³-hybridized carbons (Fsp3) is 0.412. The maximum Gasteiger partial charge on any atom is 0.273 e. The number of benzene rings is 1. The zero-order valence-corrected chi connectivity index (χ0v) is 15.8. The monoisotopic (exact) mass is 381 g/mol. The number of hydrogen-bond donors (Lipinski definition) is 1. The zero-order chi connectivity index (χ0) is 19.3. The van der Waals surface area contributed by atoms with Crippen LogP contribution in [0, 0.1) is 17.0 Å². The highest BCUT2D eigenvalue weighted by Crippen LogP contribution is 2.26. The number of nitrogens with one attached hydrogen (secondary N) is 1. The average molecular weight is 381 g/mol. The largest absolute Gasteiger partial charge is 0.468 e. The molecule has 8 nitrogen and oxygen atoms in total. The Hall–Kier alpha value is -2.23. The Morgan fingerprint density at radius 1 is 1.23 bits per heavy atom. The lowest BCUT2D eigenvalue weighted by atomic mass is 10.2. The van der Waals surface area contributed by atoms with E-state index in [-0.39, 0.29) is 28.7 Å². The molecule has 1 heterocycles. The van der Waals surface area contributed by atoms with E-state index in [4.69, 9.17) is 4.42 Å². The van der Waals surface area contributed by atoms with Crippen molar-refractivity contribution in [2.45, 2.75) is 31.7 Å². The van der Waals surface area contributed by atoms with Crippen LogP contribution in [0.5, 0.6) is 0 Å². The Labute approximate surface area is 153 Å². The molecule has 1 aromatic heterocycles. The van der Waals surface area contributed by atoms with E-state index in [1.165, 1.54) is 25.1 Å². The summed E-state index contributed by atoms with van der Waals surface area (Å²) >= 11 is 0. The molecule has 0 aliphatic carbocycles. The second-order valence-corrected chi connectivity index (χ2v) is 7.50. The molecule has 0 saturated heterocycles. The molecule has 0 amide bonds. The van der Waals surface area contributed by atoms with Gasteiger partial charge in [0.05, 0.1) is 22.1 Å². The van der Waals surface area contributed by atoms with Crippen molar-refractivity contribution < 1.29 is 17.8 Å². The van der Waals surface area contributed by atoms with E-state index in [1.807, 2.05) is 13.8 Å². The van der Waals surface area contributed by atoms with Crippen molar-refractivity contribution in [1.82, 2.24) is 9.62 Å². The maximum atomic E-state index is 12.7. The topological polar surface area (TPSA) is 106 Å². The molecule has 2 rings (SSSR count). The van der Waals surface area contributed by atoms with Crippen LogP contribution in [0.3, 0.4) is 0 Å². The van der Waals surface area contributed by atoms with Crippen molar-refractivity contribution in [3.63, 3.8) is 0 Å². The van der Waals surface area contributed by atoms with Gasteiger partial charge in [-0.05, 0) is 38.2 Å². The van der Waals surface area contributed by atoms with Gasteiger partial charge in [-0.15, -0.1) is 0 Å². The van der Waals surface area contributed by atoms with Crippen molar-refractivity contribution in [3.8, 4) is 0 Å². The molecule has 1 unspecified atom stereocenters. The standard InChI is InChI=1S/C17H23N3O5S/c1-4-19(5-2)15(16-9-7-11-25-16)12-18-26(23,24)17-10-6-8-14(13(17)3)20(21)22/h6-11,15,18H,4-5,12H2,1-3H3. The van der Waals surface area contributed by atoms with E-state index >= 15 is 0 Å². The van der Waals surface area contributed by atoms with Crippen LogP contribution < -0.4 is 4.72 Å². The molecule has 1 N–H and O–H groups in total. The number of rotatable bonds is 9. The van der Waals surface area contributed by atoms with Crippen LogP contribution >= 0.6 is 0 Å². The van der Waals surface area contributed by atoms with Gasteiger partial charge in [0.25, 0.3) is 5.69 Å². The van der Waals surface area contributed by atoms with Crippen molar-refractivity contribution in [2.24, 2.45) is 0 Å². The Bertz CT molecular complexity index is 845. The number of hydrogen-bond acceptors (Lipinski definition) is 6. The lowest BCUT2D eigenvalue weighted by molar-refractivity contribution is -0.385. The molecule has 0 aliphatic rings. The highest BCUT2D eigenvalue weighted by molar-refractivity contribution is 7.89. The van der Waals surface area contributed by atoms with E-state index in [0.717, 1.165) is 13.1 Å². The normalized spacial score (nSPS) is 13.1. The summed E-state index contributed by atoms with van der Waals surface area (Å²) in [5.74, 6) is 0.659. The van der Waals surface area contributed by atoms with Crippen LogP contribution in [0.1, 0.15) is 31.2 Å². The minimum atomic E-state index is -3.91. The third-order valence-corrected chi connectivity index (χ3v) is 5.90. The average Bonchev–Trinajstić information content (AvgIpc) is 3.12. The van der Waals surface area contributed by atoms with Gasteiger partial charge in [-0.25, -0.2) is 13.1 Å². The van der Waals surface area contributed by atoms with Gasteiger partial charge in [-0.3, -0.25) is 15.0 Å². The number of nitro benzene ring substituents is 1. The van der Waals surface area contributed by atoms with Crippen LogP contribution in [0.2, 0.25) is 0 Å². The van der Waals surface area contributed by atoms with Crippen LogP contribution in [-0.4, -0.2) is 37.9 Å². The third-order valence-electron chi connectivity index (χ3n) is 4.33. The SMILES string of the molecule is CCN(CC)C(CNS(=O)(=O)c1cccc([N+](=O)[O-])c1C)c1ccco1. The van der Waals surface area contributed by atoms with E-state index in [1.54, 1.807) is 18.4 Å². The predicted octanol–water partition coefficient (Wildman–Crippen LogP) is 2.86. The highest BCUT2D eigenvalue weighted by Gasteiger charge is 2.26. The molecule has 9 heteroatoms. The number of nitrogens with zero attached hydrogens (tertiary/aromatic N) is 2. The molecule has 1 atom stereocenters. The lowest BCUT2D eigenvalue weighted by Crippen LogP contribution is -2.38. The Balaban J connectivity index is 2.28. The van der Waals surface area contributed by atoms with Crippen LogP contribution in [0.4, 0.5) is 5.69 Å². The number of sulfonamides is 1. The maximum absolute atomic E-state index is 12.7. The first kappa shape index (κ1) is 20.1. The Kier molecular flexibility index (Phi) is 6.52. The van der Waals surface area contributed by atoms with Crippen molar-refractivity contribution >= 4 is 15.7 Å². The van der Waals surface area contributed by atoms with Gasteiger partial charge in [-0.1, -0.05) is 19.9 Å². The zero-order valence-electron chi connectivity index (χ0n) is 15.0. The fourth-order valence-corrected chi connectivity index (χ4v) is 4.21. The van der Waals surface area contributed by atoms with Gasteiger partial charge in [0, 0.05) is 18.2 Å². The van der Waals surface area contributed by atoms with Crippen molar-refractivity contribution in [2.75, 3.05) is 19.6 Å². The predicted molar refractivity (Wildman–Crippen MR) is 97.4 cm³/mol. The molecule has 2 aromatic rings. The van der Waals surface area contributed by atoms with Gasteiger partial charge in [0.15, 0.2) is 0 Å². The van der Waals surface area contributed by atoms with E-state index in [0.29, 0.717) is 5.76 Å². The molecule has 0 radical (unpaired) electrons. The minimum absolute atomic E-state index is 0.0931. The molecular formula is C17H23N3O5S. The molecule has 26 heavy (non-hydrogen) atoms. The van der Waals surface area contributed by atoms with Gasteiger partial charge in [-0.2, -0.15) is 0 Å². The number of nitro groups is 1. The van der Waals surface area contributed by atoms with Crippen molar-refractivity contribution in [3.05, 3.63) is 58.0 Å². The highest BCUT2D eigenvalue weighted by atomic mass is 32.2. The molecule has 0 bridgehead atoms. The third kappa shape index (κ3) is 4.29. The van der Waals surface area contributed by atoms with E-state index in [2.05, 4.69) is 9.62 Å². The summed E-state index contributed by atoms with van der Waals surface area (Å²) in [5.41, 5.74) is -0.110. The number of furan rings is 1. The van der Waals surface area contributed by atoms with Gasteiger partial charge < -0.3 is 4.42 Å². The Morgan fingerprint density at radius 2 is 1.92 bits per heavy atom. The molecule has 142 valence electrons. The first-order chi connectivity index (χ1) is 12.3. The van der Waals surface area contributed by atoms with Crippen molar-refractivity contribution in [1.29, 1.82) is 0 Å². The summed E-state index contributed by atoms with van der Waals surface area (Å²) in [6.45, 7) is 6.94. The van der Waals surface area contributed by atoms with Crippen LogP contribution in [-0.2, 0) is 10.0 Å². The van der Waals surface area contributed by atoms with E-state index in [9.17, 15) is 18.5 Å². The summed E-state index contributed by atoms with van der Waals surface area (Å²) in [7, 11) is -3.91.